The molecule has 4 nitrogen and oxygen atoms in total. The Morgan fingerprint density at radius 2 is 2.00 bits per heavy atom. The molecular formula is C16H30O4SSi. The molecule has 128 valence electrons. The van der Waals surface area contributed by atoms with Crippen molar-refractivity contribution < 1.29 is 18.7 Å². The summed E-state index contributed by atoms with van der Waals surface area (Å²) in [6, 6.07) is 0. The molecule has 0 aromatic heterocycles. The van der Waals surface area contributed by atoms with E-state index in [1.807, 2.05) is 13.8 Å². The Kier molecular flexibility index (Phi) is 5.20. The SMILES string of the molecule is CC1(C)OC[C@H]([C@@H](O[Si](C)(C)C(C)(C)C)[C@H]2CCC(=O)S2)O1. The molecule has 0 bridgehead atoms. The van der Waals surface area contributed by atoms with Gasteiger partial charge < -0.3 is 13.9 Å². The van der Waals surface area contributed by atoms with E-state index in [0.29, 0.717) is 13.0 Å². The largest absolute Gasteiger partial charge is 0.410 e. The number of rotatable bonds is 4. The minimum atomic E-state index is -1.93. The van der Waals surface area contributed by atoms with Gasteiger partial charge in [-0.15, -0.1) is 0 Å². The molecule has 2 saturated heterocycles. The Bertz CT molecular complexity index is 430. The average Bonchev–Trinajstić information content (AvgIpc) is 2.91. The molecule has 0 N–H and O–H groups in total. The van der Waals surface area contributed by atoms with Crippen molar-refractivity contribution in [1.29, 1.82) is 0 Å². The quantitative estimate of drug-likeness (QED) is 0.721. The topological polar surface area (TPSA) is 44.8 Å². The zero-order chi connectivity index (χ0) is 16.8. The molecule has 2 rings (SSSR count). The van der Waals surface area contributed by atoms with Gasteiger partial charge >= 0.3 is 0 Å². The van der Waals surface area contributed by atoms with Gasteiger partial charge in [0.15, 0.2) is 19.2 Å². The lowest BCUT2D eigenvalue weighted by Gasteiger charge is -2.42. The summed E-state index contributed by atoms with van der Waals surface area (Å²) in [5, 5.41) is 0.587. The molecule has 0 unspecified atom stereocenters. The first-order valence-corrected chi connectivity index (χ1v) is 11.9. The summed E-state index contributed by atoms with van der Waals surface area (Å²) in [5.41, 5.74) is 0. The van der Waals surface area contributed by atoms with Crippen molar-refractivity contribution >= 4 is 25.2 Å². The Hall–Kier alpha value is 0.117. The molecule has 0 saturated carbocycles. The number of ether oxygens (including phenoxy) is 2. The van der Waals surface area contributed by atoms with Gasteiger partial charge in [-0.1, -0.05) is 32.5 Å². The molecule has 3 atom stereocenters. The second-order valence-corrected chi connectivity index (χ2v) is 14.3. The minimum Gasteiger partial charge on any atom is -0.410 e. The molecule has 2 heterocycles. The molecule has 22 heavy (non-hydrogen) atoms. The van der Waals surface area contributed by atoms with Gasteiger partial charge in [0.05, 0.1) is 12.7 Å². The van der Waals surface area contributed by atoms with E-state index in [-0.39, 0.29) is 27.6 Å². The van der Waals surface area contributed by atoms with Crippen molar-refractivity contribution in [2.45, 2.75) is 88.8 Å². The standard InChI is InChI=1S/C16H30O4SSi/c1-15(2,3)22(6,7)20-14(12-8-9-13(17)21-12)11-10-18-16(4,5)19-11/h11-12,14H,8-10H2,1-7H3/t11-,12-,14-/m1/s1. The number of thioether (sulfide) groups is 1. The van der Waals surface area contributed by atoms with Gasteiger partial charge in [0.25, 0.3) is 0 Å². The summed E-state index contributed by atoms with van der Waals surface area (Å²) in [6.45, 7) is 15.6. The number of hydrogen-bond donors (Lipinski definition) is 0. The molecule has 2 aliphatic heterocycles. The predicted molar refractivity (Wildman–Crippen MR) is 92.6 cm³/mol. The lowest BCUT2D eigenvalue weighted by molar-refractivity contribution is -0.149. The normalized spacial score (nSPS) is 30.8. The van der Waals surface area contributed by atoms with Crippen LogP contribution in [-0.2, 0) is 18.7 Å². The summed E-state index contributed by atoms with van der Waals surface area (Å²) < 4.78 is 18.5. The van der Waals surface area contributed by atoms with Crippen molar-refractivity contribution in [1.82, 2.24) is 0 Å². The van der Waals surface area contributed by atoms with Gasteiger partial charge in [-0.2, -0.15) is 0 Å². The highest BCUT2D eigenvalue weighted by molar-refractivity contribution is 8.14. The smallest absolute Gasteiger partial charge is 0.192 e. The molecule has 0 amide bonds. The third-order valence-corrected chi connectivity index (χ3v) is 10.7. The van der Waals surface area contributed by atoms with Crippen molar-refractivity contribution in [3.8, 4) is 0 Å². The van der Waals surface area contributed by atoms with Gasteiger partial charge in [0.2, 0.25) is 0 Å². The van der Waals surface area contributed by atoms with E-state index in [9.17, 15) is 4.79 Å². The zero-order valence-electron chi connectivity index (χ0n) is 14.9. The van der Waals surface area contributed by atoms with E-state index < -0.39 is 14.1 Å². The van der Waals surface area contributed by atoms with Crippen molar-refractivity contribution in [3.05, 3.63) is 0 Å². The van der Waals surface area contributed by atoms with Crippen LogP contribution in [-0.4, -0.2) is 43.3 Å². The van der Waals surface area contributed by atoms with E-state index in [4.69, 9.17) is 13.9 Å². The third-order valence-electron chi connectivity index (χ3n) is 4.92. The van der Waals surface area contributed by atoms with Crippen LogP contribution in [0.1, 0.15) is 47.5 Å². The van der Waals surface area contributed by atoms with Crippen molar-refractivity contribution in [3.63, 3.8) is 0 Å². The Morgan fingerprint density at radius 3 is 2.41 bits per heavy atom. The van der Waals surface area contributed by atoms with E-state index in [0.717, 1.165) is 6.42 Å². The molecule has 0 aromatic carbocycles. The summed E-state index contributed by atoms with van der Waals surface area (Å²) in [5.74, 6) is -0.563. The average molecular weight is 347 g/mol. The lowest BCUT2D eigenvalue weighted by Crippen LogP contribution is -2.51. The fourth-order valence-corrected chi connectivity index (χ4v) is 5.19. The maximum absolute atomic E-state index is 11.7. The summed E-state index contributed by atoms with van der Waals surface area (Å²) in [6.07, 6.45) is 1.36. The summed E-state index contributed by atoms with van der Waals surface area (Å²) in [7, 11) is -1.93. The Balaban J connectivity index is 2.17. The first-order chi connectivity index (χ1) is 9.91. The van der Waals surface area contributed by atoms with E-state index >= 15 is 0 Å². The lowest BCUT2D eigenvalue weighted by atomic mass is 10.1. The maximum Gasteiger partial charge on any atom is 0.192 e. The van der Waals surface area contributed by atoms with Crippen LogP contribution in [0, 0.1) is 0 Å². The molecule has 6 heteroatoms. The molecule has 0 aromatic rings. The second kappa shape index (κ2) is 6.20. The highest BCUT2D eigenvalue weighted by Gasteiger charge is 2.48. The minimum absolute atomic E-state index is 0.0703. The van der Waals surface area contributed by atoms with E-state index in [1.54, 1.807) is 0 Å². The molecular weight excluding hydrogens is 316 g/mol. The first-order valence-electron chi connectivity index (χ1n) is 8.10. The number of carbonyl (C=O) groups is 1. The molecule has 0 aliphatic carbocycles. The Morgan fingerprint density at radius 1 is 1.36 bits per heavy atom. The Labute approximate surface area is 139 Å². The molecule has 0 spiro atoms. The first kappa shape index (κ1) is 18.5. The van der Waals surface area contributed by atoms with Crippen LogP contribution >= 0.6 is 11.8 Å². The van der Waals surface area contributed by atoms with Crippen LogP contribution < -0.4 is 0 Å². The van der Waals surface area contributed by atoms with Crippen molar-refractivity contribution in [2.24, 2.45) is 0 Å². The van der Waals surface area contributed by atoms with Gasteiger partial charge in [-0.05, 0) is 38.4 Å². The van der Waals surface area contributed by atoms with Gasteiger partial charge in [-0.25, -0.2) is 0 Å². The van der Waals surface area contributed by atoms with Crippen LogP contribution in [0.5, 0.6) is 0 Å². The van der Waals surface area contributed by atoms with Crippen LogP contribution in [0.4, 0.5) is 0 Å². The number of hydrogen-bond acceptors (Lipinski definition) is 5. The summed E-state index contributed by atoms with van der Waals surface area (Å²) >= 11 is 1.43. The monoisotopic (exact) mass is 346 g/mol. The van der Waals surface area contributed by atoms with E-state index in [1.165, 1.54) is 11.8 Å². The molecule has 0 radical (unpaired) electrons. The number of carbonyl (C=O) groups excluding carboxylic acids is 1. The fourth-order valence-electron chi connectivity index (χ4n) is 2.56. The van der Waals surface area contributed by atoms with Crippen LogP contribution in [0.25, 0.3) is 0 Å². The maximum atomic E-state index is 11.7. The van der Waals surface area contributed by atoms with Gasteiger partial charge in [0.1, 0.15) is 6.10 Å². The van der Waals surface area contributed by atoms with Crippen LogP contribution in [0.2, 0.25) is 18.1 Å². The van der Waals surface area contributed by atoms with Crippen LogP contribution in [0.15, 0.2) is 0 Å². The fraction of sp³-hybridized carbons (Fsp3) is 0.938. The van der Waals surface area contributed by atoms with Crippen LogP contribution in [0.3, 0.4) is 0 Å². The molecule has 2 aliphatic rings. The zero-order valence-corrected chi connectivity index (χ0v) is 16.7. The summed E-state index contributed by atoms with van der Waals surface area (Å²) in [4.78, 5) is 11.7. The van der Waals surface area contributed by atoms with Gasteiger partial charge in [-0.3, -0.25) is 4.79 Å². The second-order valence-electron chi connectivity index (χ2n) is 8.28. The van der Waals surface area contributed by atoms with Crippen molar-refractivity contribution in [2.75, 3.05) is 6.61 Å². The third kappa shape index (κ3) is 4.14. The highest BCUT2D eigenvalue weighted by atomic mass is 32.2. The van der Waals surface area contributed by atoms with E-state index in [2.05, 4.69) is 33.9 Å². The predicted octanol–water partition coefficient (Wildman–Crippen LogP) is 3.95. The molecule has 2 fully saturated rings. The van der Waals surface area contributed by atoms with Gasteiger partial charge in [0, 0.05) is 11.7 Å². The highest BCUT2D eigenvalue weighted by Crippen LogP contribution is 2.42.